The molecule has 3 rings (SSSR count). The predicted octanol–water partition coefficient (Wildman–Crippen LogP) is 1.79. The molecule has 6 nitrogen and oxygen atoms in total. The van der Waals surface area contributed by atoms with E-state index in [1.807, 2.05) is 0 Å². The number of benzene rings is 2. The lowest BCUT2D eigenvalue weighted by molar-refractivity contribution is -0.255. The Bertz CT molecular complexity index is 936. The van der Waals surface area contributed by atoms with E-state index in [4.69, 9.17) is 11.6 Å². The van der Waals surface area contributed by atoms with Crippen molar-refractivity contribution in [1.82, 2.24) is 0 Å². The Labute approximate surface area is 148 Å². The third-order valence-electron chi connectivity index (χ3n) is 3.75. The van der Waals surface area contributed by atoms with E-state index in [1.54, 1.807) is 37.3 Å². The minimum atomic E-state index is -1.35. The van der Waals surface area contributed by atoms with Crippen LogP contribution in [0.5, 0.6) is 0 Å². The van der Waals surface area contributed by atoms with E-state index in [2.05, 4.69) is 5.32 Å². The molecule has 1 aliphatic heterocycles. The van der Waals surface area contributed by atoms with Crippen LogP contribution in [0.4, 0.5) is 11.4 Å². The van der Waals surface area contributed by atoms with E-state index in [1.165, 1.54) is 18.2 Å². The lowest BCUT2D eigenvalue weighted by atomic mass is 10.2. The predicted molar refractivity (Wildman–Crippen MR) is 90.9 cm³/mol. The van der Waals surface area contributed by atoms with Crippen molar-refractivity contribution in [3.63, 3.8) is 0 Å². The normalized spacial score (nSPS) is 14.2. The molecule has 0 atom stereocenters. The second kappa shape index (κ2) is 6.41. The number of anilines is 2. The SMILES string of the molecule is Cc1ccccc1N1C(=O)C(Cl)=C(Nc2cccc(C(=O)[O-])c2)C1=O. The Balaban J connectivity index is 1.94. The lowest BCUT2D eigenvalue weighted by Crippen LogP contribution is -2.32. The van der Waals surface area contributed by atoms with Crippen LogP contribution in [0.1, 0.15) is 15.9 Å². The summed E-state index contributed by atoms with van der Waals surface area (Å²) in [6, 6.07) is 12.6. The van der Waals surface area contributed by atoms with Crippen LogP contribution in [-0.4, -0.2) is 17.8 Å². The summed E-state index contributed by atoms with van der Waals surface area (Å²) in [5.41, 5.74) is 1.33. The number of nitrogens with one attached hydrogen (secondary N) is 1. The first kappa shape index (κ1) is 16.7. The van der Waals surface area contributed by atoms with Gasteiger partial charge in [-0.3, -0.25) is 9.59 Å². The molecule has 2 aromatic rings. The first-order valence-corrected chi connectivity index (χ1v) is 7.70. The number of carbonyl (C=O) groups excluding carboxylic acids is 3. The third kappa shape index (κ3) is 2.99. The number of imide groups is 1. The molecular formula is C18H12ClN2O4-. The molecule has 0 aromatic heterocycles. The summed E-state index contributed by atoms with van der Waals surface area (Å²) in [5.74, 6) is -2.60. The summed E-state index contributed by atoms with van der Waals surface area (Å²) in [7, 11) is 0. The first-order chi connectivity index (χ1) is 11.9. The molecule has 0 radical (unpaired) electrons. The molecule has 2 amide bonds. The van der Waals surface area contributed by atoms with Gasteiger partial charge in [0.2, 0.25) is 0 Å². The molecule has 7 heteroatoms. The number of nitrogens with zero attached hydrogens (tertiary/aromatic N) is 1. The average Bonchev–Trinajstić information content (AvgIpc) is 2.80. The molecule has 0 unspecified atom stereocenters. The average molecular weight is 356 g/mol. The molecule has 0 bridgehead atoms. The highest BCUT2D eigenvalue weighted by molar-refractivity contribution is 6.53. The van der Waals surface area contributed by atoms with E-state index in [-0.39, 0.29) is 16.3 Å². The van der Waals surface area contributed by atoms with Crippen LogP contribution in [0.3, 0.4) is 0 Å². The maximum absolute atomic E-state index is 12.7. The first-order valence-electron chi connectivity index (χ1n) is 7.33. The van der Waals surface area contributed by atoms with Gasteiger partial charge in [-0.25, -0.2) is 4.90 Å². The number of halogens is 1. The molecule has 0 aliphatic carbocycles. The number of aryl methyl sites for hydroxylation is 1. The fourth-order valence-electron chi connectivity index (χ4n) is 2.51. The van der Waals surface area contributed by atoms with E-state index < -0.39 is 17.8 Å². The van der Waals surface area contributed by atoms with Gasteiger partial charge in [0.15, 0.2) is 0 Å². The summed E-state index contributed by atoms with van der Waals surface area (Å²) >= 11 is 6.05. The van der Waals surface area contributed by atoms with Gasteiger partial charge >= 0.3 is 0 Å². The van der Waals surface area contributed by atoms with E-state index in [0.717, 1.165) is 10.5 Å². The monoisotopic (exact) mass is 355 g/mol. The largest absolute Gasteiger partial charge is 0.545 e. The summed E-state index contributed by atoms with van der Waals surface area (Å²) in [6.45, 7) is 1.78. The highest BCUT2D eigenvalue weighted by Crippen LogP contribution is 2.31. The van der Waals surface area contributed by atoms with E-state index in [0.29, 0.717) is 11.4 Å². The molecular weight excluding hydrogens is 344 g/mol. The molecule has 1 heterocycles. The van der Waals surface area contributed by atoms with Crippen molar-refractivity contribution in [3.05, 3.63) is 70.4 Å². The van der Waals surface area contributed by atoms with E-state index in [9.17, 15) is 19.5 Å². The topological polar surface area (TPSA) is 89.5 Å². The van der Waals surface area contributed by atoms with Crippen molar-refractivity contribution >= 4 is 40.8 Å². The molecule has 0 saturated carbocycles. The molecule has 0 saturated heterocycles. The van der Waals surface area contributed by atoms with Gasteiger partial charge in [0, 0.05) is 5.69 Å². The zero-order valence-corrected chi connectivity index (χ0v) is 13.8. The van der Waals surface area contributed by atoms with Gasteiger partial charge in [-0.1, -0.05) is 41.9 Å². The molecule has 126 valence electrons. The number of carboxylic acids is 1. The summed E-state index contributed by atoms with van der Waals surface area (Å²) in [4.78, 5) is 37.0. The van der Waals surface area contributed by atoms with Gasteiger partial charge in [0.25, 0.3) is 11.8 Å². The molecule has 0 spiro atoms. The number of amides is 2. The maximum Gasteiger partial charge on any atom is 0.283 e. The Morgan fingerprint density at radius 2 is 1.80 bits per heavy atom. The number of para-hydroxylation sites is 1. The smallest absolute Gasteiger partial charge is 0.283 e. The van der Waals surface area contributed by atoms with Gasteiger partial charge in [0.1, 0.15) is 10.7 Å². The number of hydrogen-bond donors (Lipinski definition) is 1. The standard InChI is InChI=1S/C18H13ClN2O4/c1-10-5-2-3-8-13(10)21-16(22)14(19)15(17(21)23)20-12-7-4-6-11(9-12)18(24)25/h2-9,20H,1H3,(H,24,25)/p-1. The Hall–Kier alpha value is -3.12. The fraction of sp³-hybridized carbons (Fsp3) is 0.0556. The van der Waals surface area contributed by atoms with Crippen molar-refractivity contribution in [3.8, 4) is 0 Å². The maximum atomic E-state index is 12.7. The van der Waals surface area contributed by atoms with Crippen LogP contribution < -0.4 is 15.3 Å². The van der Waals surface area contributed by atoms with Crippen LogP contribution in [0.15, 0.2) is 59.3 Å². The quantitative estimate of drug-likeness (QED) is 0.844. The lowest BCUT2D eigenvalue weighted by Gasteiger charge is -2.17. The summed E-state index contributed by atoms with van der Waals surface area (Å²) < 4.78 is 0. The Morgan fingerprint density at radius 3 is 2.48 bits per heavy atom. The molecule has 2 aromatic carbocycles. The second-order valence-corrected chi connectivity index (χ2v) is 5.79. The minimum absolute atomic E-state index is 0.0609. The zero-order valence-electron chi connectivity index (χ0n) is 13.1. The van der Waals surface area contributed by atoms with Crippen molar-refractivity contribution in [2.45, 2.75) is 6.92 Å². The van der Waals surface area contributed by atoms with Gasteiger partial charge in [-0.05, 0) is 36.2 Å². The Morgan fingerprint density at radius 1 is 1.08 bits per heavy atom. The highest BCUT2D eigenvalue weighted by atomic mass is 35.5. The Kier molecular flexibility index (Phi) is 4.29. The van der Waals surface area contributed by atoms with E-state index >= 15 is 0 Å². The number of carboxylic acid groups (broad SMARTS) is 1. The molecule has 25 heavy (non-hydrogen) atoms. The highest BCUT2D eigenvalue weighted by Gasteiger charge is 2.39. The fourth-order valence-corrected chi connectivity index (χ4v) is 2.73. The number of aromatic carboxylic acids is 1. The number of carbonyl (C=O) groups is 3. The van der Waals surface area contributed by atoms with Gasteiger partial charge in [0.05, 0.1) is 11.7 Å². The number of hydrogen-bond acceptors (Lipinski definition) is 5. The summed E-state index contributed by atoms with van der Waals surface area (Å²) in [5, 5.41) is 13.4. The second-order valence-electron chi connectivity index (χ2n) is 5.41. The van der Waals surface area contributed by atoms with Crippen molar-refractivity contribution < 1.29 is 19.5 Å². The van der Waals surface area contributed by atoms with Crippen molar-refractivity contribution in [1.29, 1.82) is 0 Å². The van der Waals surface area contributed by atoms with Crippen LogP contribution in [0, 0.1) is 6.92 Å². The minimum Gasteiger partial charge on any atom is -0.545 e. The van der Waals surface area contributed by atoms with Crippen LogP contribution in [0.2, 0.25) is 0 Å². The van der Waals surface area contributed by atoms with Gasteiger partial charge in [-0.15, -0.1) is 0 Å². The number of rotatable bonds is 4. The van der Waals surface area contributed by atoms with Crippen molar-refractivity contribution in [2.75, 3.05) is 10.2 Å². The van der Waals surface area contributed by atoms with Crippen LogP contribution in [-0.2, 0) is 9.59 Å². The van der Waals surface area contributed by atoms with Crippen molar-refractivity contribution in [2.24, 2.45) is 0 Å². The van der Waals surface area contributed by atoms with Gasteiger partial charge in [-0.2, -0.15) is 0 Å². The molecule has 1 N–H and O–H groups in total. The zero-order chi connectivity index (χ0) is 18.1. The molecule has 1 aliphatic rings. The van der Waals surface area contributed by atoms with Crippen LogP contribution >= 0.6 is 11.6 Å². The van der Waals surface area contributed by atoms with Gasteiger partial charge < -0.3 is 15.2 Å². The molecule has 0 fully saturated rings. The van der Waals surface area contributed by atoms with Crippen LogP contribution in [0.25, 0.3) is 0 Å². The summed E-state index contributed by atoms with van der Waals surface area (Å²) in [6.07, 6.45) is 0. The third-order valence-corrected chi connectivity index (χ3v) is 4.10.